The lowest BCUT2D eigenvalue weighted by Crippen LogP contribution is -2.25. The van der Waals surface area contributed by atoms with Crippen LogP contribution in [0.4, 0.5) is 9.59 Å². The summed E-state index contributed by atoms with van der Waals surface area (Å²) in [5.74, 6) is 0. The molecule has 7 heteroatoms. The molecule has 1 amide bonds. The highest BCUT2D eigenvalue weighted by Gasteiger charge is 2.45. The molecule has 1 aromatic carbocycles. The van der Waals surface area contributed by atoms with Gasteiger partial charge in [0.25, 0.3) is 0 Å². The molecule has 0 saturated heterocycles. The second-order valence-corrected chi connectivity index (χ2v) is 6.36. The van der Waals surface area contributed by atoms with E-state index in [1.807, 2.05) is 19.1 Å². The van der Waals surface area contributed by atoms with Crippen LogP contribution in [0.2, 0.25) is 0 Å². The third kappa shape index (κ3) is 1.94. The van der Waals surface area contributed by atoms with Gasteiger partial charge in [-0.05, 0) is 18.9 Å². The number of hydrogen-bond donors (Lipinski definition) is 2. The van der Waals surface area contributed by atoms with Crippen molar-refractivity contribution in [1.82, 2.24) is 14.3 Å². The molecule has 1 aliphatic rings. The van der Waals surface area contributed by atoms with Crippen LogP contribution in [-0.2, 0) is 5.41 Å². The molecule has 24 heavy (non-hydrogen) atoms. The number of primary amides is 1. The van der Waals surface area contributed by atoms with E-state index < -0.39 is 12.1 Å². The second-order valence-electron chi connectivity index (χ2n) is 6.36. The summed E-state index contributed by atoms with van der Waals surface area (Å²) in [6.45, 7) is 2.04. The maximum Gasteiger partial charge on any atom is 0.416 e. The molecule has 2 aromatic heterocycles. The number of nitrogens with two attached hydrogens (primary N) is 1. The molecule has 4 rings (SSSR count). The first-order chi connectivity index (χ1) is 11.4. The molecule has 1 saturated carbocycles. The van der Waals surface area contributed by atoms with Crippen LogP contribution in [0, 0.1) is 6.20 Å². The first-order valence-electron chi connectivity index (χ1n) is 7.57. The monoisotopic (exact) mass is 323 g/mol. The normalized spacial score (nSPS) is 15.5. The van der Waals surface area contributed by atoms with Gasteiger partial charge in [-0.2, -0.15) is 9.78 Å². The van der Waals surface area contributed by atoms with Crippen molar-refractivity contribution >= 4 is 23.0 Å². The molecular weight excluding hydrogens is 308 g/mol. The van der Waals surface area contributed by atoms with E-state index in [0.29, 0.717) is 22.3 Å². The molecule has 1 aliphatic carbocycles. The fourth-order valence-electron chi connectivity index (χ4n) is 3.17. The Morgan fingerprint density at radius 3 is 2.67 bits per heavy atom. The van der Waals surface area contributed by atoms with E-state index in [9.17, 15) is 14.7 Å². The van der Waals surface area contributed by atoms with Gasteiger partial charge >= 0.3 is 12.1 Å². The fourth-order valence-corrected chi connectivity index (χ4v) is 3.17. The first kappa shape index (κ1) is 14.5. The average molecular weight is 323 g/mol. The van der Waals surface area contributed by atoms with Gasteiger partial charge in [0.05, 0.1) is 11.2 Å². The minimum absolute atomic E-state index is 0.191. The molecule has 1 fully saturated rings. The van der Waals surface area contributed by atoms with Crippen LogP contribution in [0.25, 0.3) is 22.0 Å². The number of para-hydroxylation sites is 1. The van der Waals surface area contributed by atoms with Crippen molar-refractivity contribution in [3.63, 3.8) is 0 Å². The smallest absolute Gasteiger partial charge is 0.416 e. The van der Waals surface area contributed by atoms with Crippen LogP contribution < -0.4 is 5.73 Å². The van der Waals surface area contributed by atoms with Crippen molar-refractivity contribution in [2.75, 3.05) is 0 Å². The summed E-state index contributed by atoms with van der Waals surface area (Å²) in [6.07, 6.45) is 5.18. The van der Waals surface area contributed by atoms with E-state index >= 15 is 0 Å². The maximum absolute atomic E-state index is 11.7. The predicted molar refractivity (Wildman–Crippen MR) is 87.0 cm³/mol. The van der Waals surface area contributed by atoms with E-state index in [2.05, 4.69) is 11.3 Å². The Bertz CT molecular complexity index is 995. The molecule has 0 aliphatic heterocycles. The number of aromatic nitrogens is 3. The third-order valence-corrected chi connectivity index (χ3v) is 4.68. The van der Waals surface area contributed by atoms with Gasteiger partial charge in [0.2, 0.25) is 0 Å². The van der Waals surface area contributed by atoms with Gasteiger partial charge in [-0.15, -0.1) is 0 Å². The molecule has 1 radical (unpaired) electrons. The van der Waals surface area contributed by atoms with Crippen LogP contribution in [0.1, 0.15) is 25.5 Å². The van der Waals surface area contributed by atoms with Crippen molar-refractivity contribution in [1.29, 1.82) is 0 Å². The number of carboxylic acid groups (broad SMARTS) is 1. The van der Waals surface area contributed by atoms with E-state index in [4.69, 9.17) is 5.73 Å². The van der Waals surface area contributed by atoms with E-state index in [1.165, 1.54) is 9.25 Å². The molecular formula is C17H15N4O3. The SMILES string of the molecule is CC1(c2c(-c3cn(C(=O)O)c4ccccc34)[c]nn2C(N)=O)CC1. The number of carbonyl (C=O) groups excluding carboxylic acids is 1. The Labute approximate surface area is 137 Å². The largest absolute Gasteiger partial charge is 0.464 e. The number of amides is 1. The van der Waals surface area contributed by atoms with Crippen LogP contribution in [0.3, 0.4) is 0 Å². The third-order valence-electron chi connectivity index (χ3n) is 4.68. The number of hydrogen-bond acceptors (Lipinski definition) is 3. The number of nitrogens with zero attached hydrogens (tertiary/aromatic N) is 3. The van der Waals surface area contributed by atoms with Gasteiger partial charge in [-0.25, -0.2) is 9.59 Å². The van der Waals surface area contributed by atoms with Crippen LogP contribution >= 0.6 is 0 Å². The molecule has 2 heterocycles. The molecule has 0 atom stereocenters. The second kappa shape index (κ2) is 4.70. The van der Waals surface area contributed by atoms with Crippen molar-refractivity contribution in [2.45, 2.75) is 25.2 Å². The fraction of sp³-hybridized carbons (Fsp3) is 0.235. The highest BCUT2D eigenvalue weighted by Crippen LogP contribution is 2.51. The van der Waals surface area contributed by atoms with Crippen molar-refractivity contribution in [3.05, 3.63) is 42.4 Å². The van der Waals surface area contributed by atoms with Crippen molar-refractivity contribution in [3.8, 4) is 11.1 Å². The lowest BCUT2D eigenvalue weighted by atomic mass is 9.96. The topological polar surface area (TPSA) is 103 Å². The zero-order valence-electron chi connectivity index (χ0n) is 13.0. The Balaban J connectivity index is 2.03. The number of carbonyl (C=O) groups is 2. The van der Waals surface area contributed by atoms with Gasteiger partial charge in [0, 0.05) is 28.1 Å². The van der Waals surface area contributed by atoms with Crippen LogP contribution in [0.5, 0.6) is 0 Å². The molecule has 3 aromatic rings. The van der Waals surface area contributed by atoms with Crippen LogP contribution in [0.15, 0.2) is 30.5 Å². The van der Waals surface area contributed by atoms with Gasteiger partial charge < -0.3 is 10.8 Å². The van der Waals surface area contributed by atoms with Crippen LogP contribution in [-0.4, -0.2) is 31.6 Å². The molecule has 121 valence electrons. The summed E-state index contributed by atoms with van der Waals surface area (Å²) in [7, 11) is 0. The zero-order valence-corrected chi connectivity index (χ0v) is 13.0. The van der Waals surface area contributed by atoms with Gasteiger partial charge in [-0.1, -0.05) is 25.1 Å². The number of fused-ring (bicyclic) bond motifs is 1. The summed E-state index contributed by atoms with van der Waals surface area (Å²) >= 11 is 0. The Hall–Kier alpha value is -3.09. The summed E-state index contributed by atoms with van der Waals surface area (Å²) in [6, 6.07) is 6.55. The van der Waals surface area contributed by atoms with Gasteiger partial charge in [0.15, 0.2) is 0 Å². The molecule has 0 unspecified atom stereocenters. The van der Waals surface area contributed by atoms with E-state index in [0.717, 1.165) is 18.2 Å². The predicted octanol–water partition coefficient (Wildman–Crippen LogP) is 2.81. The molecule has 7 nitrogen and oxygen atoms in total. The minimum Gasteiger partial charge on any atom is -0.464 e. The summed E-state index contributed by atoms with van der Waals surface area (Å²) < 4.78 is 2.34. The number of rotatable bonds is 2. The van der Waals surface area contributed by atoms with Crippen molar-refractivity contribution < 1.29 is 14.7 Å². The molecule has 0 bridgehead atoms. The lowest BCUT2D eigenvalue weighted by molar-refractivity contribution is 0.197. The Morgan fingerprint density at radius 2 is 2.04 bits per heavy atom. The average Bonchev–Trinajstić information content (AvgIpc) is 3.01. The first-order valence-corrected chi connectivity index (χ1v) is 7.57. The Morgan fingerprint density at radius 1 is 1.33 bits per heavy atom. The van der Waals surface area contributed by atoms with Gasteiger partial charge in [0.1, 0.15) is 6.20 Å². The zero-order chi connectivity index (χ0) is 17.1. The Kier molecular flexibility index (Phi) is 2.84. The summed E-state index contributed by atoms with van der Waals surface area (Å²) in [5.41, 5.74) is 7.84. The van der Waals surface area contributed by atoms with Crippen molar-refractivity contribution in [2.24, 2.45) is 5.73 Å². The molecule has 3 N–H and O–H groups in total. The molecule has 0 spiro atoms. The number of benzene rings is 1. The summed E-state index contributed by atoms with van der Waals surface area (Å²) in [4.78, 5) is 23.2. The highest BCUT2D eigenvalue weighted by molar-refractivity contribution is 6.01. The standard InChI is InChI=1S/C17H15N4O3/c1-17(6-7-17)14-11(8-19-21(14)15(18)22)12-9-20(16(23)24)13-5-3-2-4-10(12)13/h2-5,9H,6-7H2,1H3,(H2,18,22)(H,23,24). The van der Waals surface area contributed by atoms with Gasteiger partial charge in [-0.3, -0.25) is 4.57 Å². The maximum atomic E-state index is 11.7. The van der Waals surface area contributed by atoms with E-state index in [1.54, 1.807) is 18.3 Å². The summed E-state index contributed by atoms with van der Waals surface area (Å²) in [5, 5.41) is 14.2. The minimum atomic E-state index is -1.07. The van der Waals surface area contributed by atoms with E-state index in [-0.39, 0.29) is 5.41 Å². The quantitative estimate of drug-likeness (QED) is 0.756. The lowest BCUT2D eigenvalue weighted by Gasteiger charge is -2.12. The highest BCUT2D eigenvalue weighted by atomic mass is 16.4.